The first-order valence-corrected chi connectivity index (χ1v) is 6.71. The Hall–Kier alpha value is -0.610. The topological polar surface area (TPSA) is 61.4 Å². The Bertz CT molecular complexity index is 287. The highest BCUT2D eigenvalue weighted by atomic mass is 16.3. The van der Waals surface area contributed by atoms with Crippen molar-refractivity contribution in [2.75, 3.05) is 19.7 Å². The number of nitrogens with one attached hydrogen (secondary N) is 2. The van der Waals surface area contributed by atoms with Crippen LogP contribution in [0.1, 0.15) is 33.1 Å². The first kappa shape index (κ1) is 12.8. The van der Waals surface area contributed by atoms with Crippen LogP contribution in [0.25, 0.3) is 0 Å². The number of piperidine rings is 1. The van der Waals surface area contributed by atoms with Crippen molar-refractivity contribution >= 4 is 5.91 Å². The molecule has 0 aromatic carbocycles. The first-order chi connectivity index (χ1) is 8.09. The Kier molecular flexibility index (Phi) is 3.73. The van der Waals surface area contributed by atoms with Gasteiger partial charge >= 0.3 is 0 Å². The Morgan fingerprint density at radius 3 is 2.71 bits per heavy atom. The molecule has 2 aliphatic rings. The summed E-state index contributed by atoms with van der Waals surface area (Å²) >= 11 is 0. The summed E-state index contributed by atoms with van der Waals surface area (Å²) in [5.41, 5.74) is 0.303. The molecule has 3 atom stereocenters. The Morgan fingerprint density at radius 2 is 2.12 bits per heavy atom. The summed E-state index contributed by atoms with van der Waals surface area (Å²) < 4.78 is 0. The lowest BCUT2D eigenvalue weighted by Crippen LogP contribution is -2.41. The fourth-order valence-electron chi connectivity index (χ4n) is 2.82. The van der Waals surface area contributed by atoms with Crippen LogP contribution < -0.4 is 10.6 Å². The second kappa shape index (κ2) is 4.94. The summed E-state index contributed by atoms with van der Waals surface area (Å²) in [5, 5.41) is 15.4. The molecule has 1 spiro atoms. The van der Waals surface area contributed by atoms with Gasteiger partial charge in [-0.25, -0.2) is 0 Å². The van der Waals surface area contributed by atoms with Crippen LogP contribution in [-0.4, -0.2) is 36.8 Å². The van der Waals surface area contributed by atoms with E-state index in [2.05, 4.69) is 10.6 Å². The van der Waals surface area contributed by atoms with E-state index < -0.39 is 0 Å². The third-order valence-electron chi connectivity index (χ3n) is 4.62. The van der Waals surface area contributed by atoms with Crippen LogP contribution in [0, 0.1) is 17.3 Å². The summed E-state index contributed by atoms with van der Waals surface area (Å²) in [6.07, 6.45) is 3.32. The average Bonchev–Trinajstić information content (AvgIpc) is 3.02. The van der Waals surface area contributed by atoms with Crippen LogP contribution in [-0.2, 0) is 4.79 Å². The maximum atomic E-state index is 12.1. The molecule has 3 unspecified atom stereocenters. The molecule has 2 fully saturated rings. The van der Waals surface area contributed by atoms with Crippen molar-refractivity contribution in [1.82, 2.24) is 10.6 Å². The maximum Gasteiger partial charge on any atom is 0.223 e. The van der Waals surface area contributed by atoms with E-state index in [0.717, 1.165) is 32.4 Å². The number of carbonyl (C=O) groups is 1. The Balaban J connectivity index is 1.82. The molecule has 1 amide bonds. The van der Waals surface area contributed by atoms with Gasteiger partial charge in [0.15, 0.2) is 0 Å². The molecule has 1 saturated carbocycles. The SMILES string of the molecule is CC(CO)C(C)NC(=O)C1CC12CCNCC2. The summed E-state index contributed by atoms with van der Waals surface area (Å²) in [4.78, 5) is 12.1. The molecule has 98 valence electrons. The molecule has 0 radical (unpaired) electrons. The van der Waals surface area contributed by atoms with E-state index in [1.54, 1.807) is 0 Å². The van der Waals surface area contributed by atoms with E-state index in [1.807, 2.05) is 13.8 Å². The predicted molar refractivity (Wildman–Crippen MR) is 66.5 cm³/mol. The van der Waals surface area contributed by atoms with Crippen LogP contribution in [0.15, 0.2) is 0 Å². The van der Waals surface area contributed by atoms with Crippen LogP contribution in [0.3, 0.4) is 0 Å². The van der Waals surface area contributed by atoms with Gasteiger partial charge in [0.2, 0.25) is 5.91 Å². The monoisotopic (exact) mass is 240 g/mol. The molecule has 1 aliphatic carbocycles. The standard InChI is InChI=1S/C13H24N2O2/c1-9(8-16)10(2)15-12(17)11-7-13(11)3-5-14-6-4-13/h9-11,14,16H,3-8H2,1-2H3,(H,15,17). The molecule has 2 rings (SSSR count). The van der Waals surface area contributed by atoms with Crippen molar-refractivity contribution in [2.45, 2.75) is 39.2 Å². The molecular weight excluding hydrogens is 216 g/mol. The molecule has 3 N–H and O–H groups in total. The minimum absolute atomic E-state index is 0.0619. The van der Waals surface area contributed by atoms with Gasteiger partial charge in [-0.2, -0.15) is 0 Å². The quantitative estimate of drug-likeness (QED) is 0.671. The third kappa shape index (κ3) is 2.63. The highest BCUT2D eigenvalue weighted by Gasteiger charge is 2.57. The largest absolute Gasteiger partial charge is 0.396 e. The van der Waals surface area contributed by atoms with E-state index in [0.29, 0.717) is 5.41 Å². The smallest absolute Gasteiger partial charge is 0.223 e. The predicted octanol–water partition coefficient (Wildman–Crippen LogP) is 0.509. The lowest BCUT2D eigenvalue weighted by molar-refractivity contribution is -0.124. The normalized spacial score (nSPS) is 29.7. The van der Waals surface area contributed by atoms with Gasteiger partial charge in [0.25, 0.3) is 0 Å². The van der Waals surface area contributed by atoms with Crippen molar-refractivity contribution in [3.05, 3.63) is 0 Å². The third-order valence-corrected chi connectivity index (χ3v) is 4.62. The second-order valence-corrected chi connectivity index (χ2v) is 5.83. The van der Waals surface area contributed by atoms with Crippen molar-refractivity contribution < 1.29 is 9.90 Å². The number of amides is 1. The van der Waals surface area contributed by atoms with E-state index in [-0.39, 0.29) is 30.4 Å². The summed E-state index contributed by atoms with van der Waals surface area (Å²) in [6.45, 7) is 6.15. The highest BCUT2D eigenvalue weighted by molar-refractivity contribution is 5.82. The van der Waals surface area contributed by atoms with Gasteiger partial charge < -0.3 is 15.7 Å². The first-order valence-electron chi connectivity index (χ1n) is 6.71. The van der Waals surface area contributed by atoms with Crippen molar-refractivity contribution in [3.63, 3.8) is 0 Å². The number of aliphatic hydroxyl groups is 1. The van der Waals surface area contributed by atoms with E-state index in [9.17, 15) is 4.79 Å². The lowest BCUT2D eigenvalue weighted by Gasteiger charge is -2.24. The lowest BCUT2D eigenvalue weighted by atomic mass is 9.91. The summed E-state index contributed by atoms with van der Waals surface area (Å²) in [5.74, 6) is 0.541. The molecule has 17 heavy (non-hydrogen) atoms. The molecular formula is C13H24N2O2. The number of carbonyl (C=O) groups excluding carboxylic acids is 1. The number of rotatable bonds is 4. The van der Waals surface area contributed by atoms with Gasteiger partial charge in [0, 0.05) is 18.6 Å². The molecule has 1 saturated heterocycles. The number of aliphatic hydroxyl groups excluding tert-OH is 1. The maximum absolute atomic E-state index is 12.1. The molecule has 4 heteroatoms. The van der Waals surface area contributed by atoms with Crippen LogP contribution in [0.2, 0.25) is 0 Å². The van der Waals surface area contributed by atoms with Crippen LogP contribution in [0.4, 0.5) is 0 Å². The summed E-state index contributed by atoms with van der Waals surface area (Å²) in [6, 6.07) is 0.0619. The van der Waals surface area contributed by atoms with Gasteiger partial charge in [0.05, 0.1) is 0 Å². The van der Waals surface area contributed by atoms with Gasteiger partial charge in [-0.15, -0.1) is 0 Å². The Labute approximate surface area is 103 Å². The minimum atomic E-state index is 0.0619. The zero-order valence-corrected chi connectivity index (χ0v) is 10.8. The van der Waals surface area contributed by atoms with Crippen molar-refractivity contribution in [3.8, 4) is 0 Å². The van der Waals surface area contributed by atoms with E-state index in [1.165, 1.54) is 0 Å². The number of hydrogen-bond donors (Lipinski definition) is 3. The number of hydrogen-bond acceptors (Lipinski definition) is 3. The van der Waals surface area contributed by atoms with Crippen molar-refractivity contribution in [2.24, 2.45) is 17.3 Å². The minimum Gasteiger partial charge on any atom is -0.396 e. The second-order valence-electron chi connectivity index (χ2n) is 5.83. The molecule has 0 aromatic heterocycles. The summed E-state index contributed by atoms with van der Waals surface area (Å²) in [7, 11) is 0. The van der Waals surface area contributed by atoms with Gasteiger partial charge in [-0.05, 0) is 50.6 Å². The molecule has 1 heterocycles. The fourth-order valence-corrected chi connectivity index (χ4v) is 2.82. The highest BCUT2D eigenvalue weighted by Crippen LogP contribution is 2.58. The van der Waals surface area contributed by atoms with Gasteiger partial charge in [0.1, 0.15) is 0 Å². The van der Waals surface area contributed by atoms with E-state index >= 15 is 0 Å². The van der Waals surface area contributed by atoms with Crippen molar-refractivity contribution in [1.29, 1.82) is 0 Å². The fraction of sp³-hybridized carbons (Fsp3) is 0.923. The van der Waals surface area contributed by atoms with Gasteiger partial charge in [-0.1, -0.05) is 6.92 Å². The Morgan fingerprint density at radius 1 is 1.47 bits per heavy atom. The van der Waals surface area contributed by atoms with E-state index in [4.69, 9.17) is 5.11 Å². The van der Waals surface area contributed by atoms with Gasteiger partial charge in [-0.3, -0.25) is 4.79 Å². The average molecular weight is 240 g/mol. The molecule has 0 aromatic rings. The van der Waals surface area contributed by atoms with Crippen LogP contribution in [0.5, 0.6) is 0 Å². The van der Waals surface area contributed by atoms with Crippen LogP contribution >= 0.6 is 0 Å². The zero-order chi connectivity index (χ0) is 12.5. The zero-order valence-electron chi connectivity index (χ0n) is 10.8. The molecule has 1 aliphatic heterocycles. The molecule has 0 bridgehead atoms. The molecule has 4 nitrogen and oxygen atoms in total.